The van der Waals surface area contributed by atoms with Crippen molar-refractivity contribution in [3.8, 4) is 0 Å². The minimum atomic E-state index is -1.21. The maximum atomic E-state index is 14.1. The van der Waals surface area contributed by atoms with Gasteiger partial charge in [0.15, 0.2) is 0 Å². The van der Waals surface area contributed by atoms with Gasteiger partial charge in [-0.2, -0.15) is 0 Å². The van der Waals surface area contributed by atoms with Gasteiger partial charge in [0.2, 0.25) is 11.8 Å². The fourth-order valence-corrected chi connectivity index (χ4v) is 10.8. The second-order valence-electron chi connectivity index (χ2n) is 11.8. The van der Waals surface area contributed by atoms with Crippen molar-refractivity contribution >= 4 is 28.3 Å². The Kier molecular flexibility index (Phi) is 5.24. The lowest BCUT2D eigenvalue weighted by Gasteiger charge is -2.42. The number of amides is 2. The van der Waals surface area contributed by atoms with Gasteiger partial charge in [0.1, 0.15) is 0 Å². The minimum Gasteiger partial charge on any atom is -0.392 e. The van der Waals surface area contributed by atoms with Crippen molar-refractivity contribution in [3.05, 3.63) is 41.5 Å². The molecule has 4 aliphatic carbocycles. The Labute approximate surface area is 204 Å². The van der Waals surface area contributed by atoms with Gasteiger partial charge < -0.3 is 5.11 Å². The summed E-state index contributed by atoms with van der Waals surface area (Å²) in [7, 11) is -1.21. The van der Waals surface area contributed by atoms with E-state index in [9.17, 15) is 18.9 Å². The van der Waals surface area contributed by atoms with Gasteiger partial charge in [-0.3, -0.25) is 18.7 Å². The first kappa shape index (κ1) is 22.7. The van der Waals surface area contributed by atoms with Crippen LogP contribution in [0.1, 0.15) is 65.2 Å². The summed E-state index contributed by atoms with van der Waals surface area (Å²) in [5.74, 6) is 0.139. The number of imide groups is 1. The van der Waals surface area contributed by atoms with Crippen molar-refractivity contribution < 1.29 is 18.9 Å². The van der Waals surface area contributed by atoms with Crippen molar-refractivity contribution in [2.45, 2.75) is 76.1 Å². The largest absolute Gasteiger partial charge is 0.392 e. The molecule has 1 unspecified atom stereocenters. The molecule has 1 heterocycles. The van der Waals surface area contributed by atoms with Crippen LogP contribution in [0.25, 0.3) is 0 Å². The van der Waals surface area contributed by atoms with E-state index in [2.05, 4.69) is 13.8 Å². The summed E-state index contributed by atoms with van der Waals surface area (Å²) < 4.78 is 13.5. The lowest BCUT2D eigenvalue weighted by atomic mass is 9.65. The lowest BCUT2D eigenvalue weighted by molar-refractivity contribution is -0.122. The molecule has 4 fully saturated rings. The molecule has 1 aromatic carbocycles. The number of aliphatic hydroxyl groups is 1. The smallest absolute Gasteiger partial charge is 0.238 e. The van der Waals surface area contributed by atoms with Gasteiger partial charge in [-0.15, -0.1) is 0 Å². The van der Waals surface area contributed by atoms with Gasteiger partial charge in [0, 0.05) is 16.6 Å². The Balaban J connectivity index is 1.34. The number of benzene rings is 1. The molecule has 1 aromatic rings. The van der Waals surface area contributed by atoms with Gasteiger partial charge in [-0.1, -0.05) is 49.6 Å². The molecule has 6 rings (SSSR count). The summed E-state index contributed by atoms with van der Waals surface area (Å²) >= 11 is 0. The van der Waals surface area contributed by atoms with Crippen molar-refractivity contribution in [3.63, 3.8) is 0 Å². The van der Waals surface area contributed by atoms with Gasteiger partial charge in [0.05, 0.1) is 28.4 Å². The molecular formula is C28H35NO4S. The summed E-state index contributed by atoms with van der Waals surface area (Å²) in [6.45, 7) is 4.38. The molecule has 0 aromatic heterocycles. The predicted molar refractivity (Wildman–Crippen MR) is 132 cm³/mol. The standard InChI is InChI=1S/C28H35NO4S/c1-27(2)18-12-13-28(27,23(30)15-18)34(33)16-17-14-22-24(21-11-7-6-10-20(17)21)26(32)29(25(22)31)19-8-4-3-5-9-19/h3-5,8-9,18,21-24,30H,6-7,10-16H2,1-2H3/t18-,21+,22-,23-,24+,28-,34?/m1/s1. The Morgan fingerprint density at radius 2 is 1.82 bits per heavy atom. The van der Waals surface area contributed by atoms with E-state index in [1.165, 1.54) is 10.5 Å². The summed E-state index contributed by atoms with van der Waals surface area (Å²) in [5.41, 5.74) is 2.96. The van der Waals surface area contributed by atoms with Crippen molar-refractivity contribution in [2.24, 2.45) is 29.1 Å². The van der Waals surface area contributed by atoms with Crippen LogP contribution in [0.5, 0.6) is 0 Å². The molecule has 2 bridgehead atoms. The quantitative estimate of drug-likeness (QED) is 0.512. The molecule has 1 N–H and O–H groups in total. The lowest BCUT2D eigenvalue weighted by Crippen LogP contribution is -2.51. The average molecular weight is 482 g/mol. The maximum Gasteiger partial charge on any atom is 0.238 e. The minimum absolute atomic E-state index is 0.0599. The monoisotopic (exact) mass is 481 g/mol. The number of aliphatic hydroxyl groups excluding tert-OH is 1. The van der Waals surface area contributed by atoms with E-state index in [0.29, 0.717) is 23.8 Å². The molecule has 34 heavy (non-hydrogen) atoms. The highest BCUT2D eigenvalue weighted by atomic mass is 32.2. The highest BCUT2D eigenvalue weighted by Crippen LogP contribution is 2.63. The van der Waals surface area contributed by atoms with Crippen LogP contribution in [0.4, 0.5) is 5.69 Å². The zero-order valence-corrected chi connectivity index (χ0v) is 21.0. The number of para-hydroxylation sites is 1. The zero-order valence-electron chi connectivity index (χ0n) is 20.2. The number of allylic oxidation sites excluding steroid dienone is 1. The molecule has 2 amide bonds. The average Bonchev–Trinajstić information content (AvgIpc) is 3.32. The van der Waals surface area contributed by atoms with Gasteiger partial charge in [-0.25, -0.2) is 0 Å². The molecular weight excluding hydrogens is 446 g/mol. The van der Waals surface area contributed by atoms with Crippen LogP contribution in [-0.4, -0.2) is 37.7 Å². The summed E-state index contributed by atoms with van der Waals surface area (Å²) in [6.07, 6.45) is 6.63. The first-order valence-electron chi connectivity index (χ1n) is 13.0. The Bertz CT molecular complexity index is 1090. The number of rotatable bonds is 4. The first-order chi connectivity index (χ1) is 16.3. The van der Waals surface area contributed by atoms with E-state index < -0.39 is 21.7 Å². The van der Waals surface area contributed by atoms with Gasteiger partial charge in [0.25, 0.3) is 0 Å². The molecule has 7 atom stereocenters. The van der Waals surface area contributed by atoms with Crippen LogP contribution in [0.3, 0.4) is 0 Å². The molecule has 5 nitrogen and oxygen atoms in total. The predicted octanol–water partition coefficient (Wildman–Crippen LogP) is 4.37. The Morgan fingerprint density at radius 1 is 1.06 bits per heavy atom. The third kappa shape index (κ3) is 2.90. The number of hydrogen-bond donors (Lipinski definition) is 1. The molecule has 0 spiro atoms. The van der Waals surface area contributed by atoms with E-state index in [-0.39, 0.29) is 35.0 Å². The fraction of sp³-hybridized carbons (Fsp3) is 0.643. The van der Waals surface area contributed by atoms with Crippen LogP contribution < -0.4 is 4.90 Å². The number of nitrogens with zero attached hydrogens (tertiary/aromatic N) is 1. The number of anilines is 1. The van der Waals surface area contributed by atoms with Crippen LogP contribution in [0.2, 0.25) is 0 Å². The van der Waals surface area contributed by atoms with Crippen LogP contribution in [0.15, 0.2) is 41.5 Å². The zero-order chi connectivity index (χ0) is 23.8. The SMILES string of the molecule is CC1(C)[C@@H]2CC[C@@]1(S(=O)CC1=C3CCCC[C@@H]3[C@@H]3C(=O)N(c4ccccc4)C(=O)[C@@H]3C1)[C@H](O)C2. The van der Waals surface area contributed by atoms with E-state index >= 15 is 0 Å². The number of hydrogen-bond acceptors (Lipinski definition) is 4. The normalized spacial score (nSPS) is 39.4. The molecule has 182 valence electrons. The molecule has 1 aliphatic heterocycles. The molecule has 3 saturated carbocycles. The van der Waals surface area contributed by atoms with Crippen molar-refractivity contribution in [1.29, 1.82) is 0 Å². The fourth-order valence-electron chi connectivity index (χ4n) is 8.40. The first-order valence-corrected chi connectivity index (χ1v) is 14.3. The topological polar surface area (TPSA) is 74.7 Å². The summed E-state index contributed by atoms with van der Waals surface area (Å²) in [4.78, 5) is 28.5. The van der Waals surface area contributed by atoms with E-state index in [1.54, 1.807) is 0 Å². The summed E-state index contributed by atoms with van der Waals surface area (Å²) in [5, 5.41) is 11.0. The molecule has 5 aliphatic rings. The Hall–Kier alpha value is -1.79. The van der Waals surface area contributed by atoms with Crippen molar-refractivity contribution in [2.75, 3.05) is 10.7 Å². The highest BCUT2D eigenvalue weighted by Gasteiger charge is 2.67. The van der Waals surface area contributed by atoms with Gasteiger partial charge in [-0.05, 0) is 74.3 Å². The third-order valence-corrected chi connectivity index (χ3v) is 12.7. The van der Waals surface area contributed by atoms with Gasteiger partial charge >= 0.3 is 0 Å². The second kappa shape index (κ2) is 7.86. The third-order valence-electron chi connectivity index (χ3n) is 10.2. The van der Waals surface area contributed by atoms with Crippen LogP contribution in [0, 0.1) is 29.1 Å². The number of carbonyl (C=O) groups is 2. The maximum absolute atomic E-state index is 14.1. The van der Waals surface area contributed by atoms with E-state index in [1.807, 2.05) is 30.3 Å². The molecule has 0 radical (unpaired) electrons. The van der Waals surface area contributed by atoms with E-state index in [4.69, 9.17) is 0 Å². The van der Waals surface area contributed by atoms with E-state index in [0.717, 1.165) is 50.5 Å². The highest BCUT2D eigenvalue weighted by molar-refractivity contribution is 7.86. The Morgan fingerprint density at radius 3 is 2.50 bits per heavy atom. The number of fused-ring (bicyclic) bond motifs is 5. The molecule has 6 heteroatoms. The second-order valence-corrected chi connectivity index (χ2v) is 13.5. The number of carbonyl (C=O) groups excluding carboxylic acids is 2. The summed E-state index contributed by atoms with van der Waals surface area (Å²) in [6, 6.07) is 9.27. The van der Waals surface area contributed by atoms with Crippen molar-refractivity contribution in [1.82, 2.24) is 0 Å². The van der Waals surface area contributed by atoms with Crippen LogP contribution >= 0.6 is 0 Å². The van der Waals surface area contributed by atoms with Crippen LogP contribution in [-0.2, 0) is 20.4 Å². The molecule has 1 saturated heterocycles.